The molecule has 0 bridgehead atoms. The summed E-state index contributed by atoms with van der Waals surface area (Å²) in [5.41, 5.74) is 4.96. The number of amides is 1. The maximum atomic E-state index is 13.8. The van der Waals surface area contributed by atoms with Crippen molar-refractivity contribution < 1.29 is 23.8 Å². The first kappa shape index (κ1) is 36.9. The highest BCUT2D eigenvalue weighted by molar-refractivity contribution is 8.01. The molecule has 52 heavy (non-hydrogen) atoms. The minimum Gasteiger partial charge on any atom is -0.478 e. The van der Waals surface area contributed by atoms with Gasteiger partial charge in [0.05, 0.1) is 10.3 Å². The van der Waals surface area contributed by atoms with E-state index in [9.17, 15) is 19.1 Å². The zero-order chi connectivity index (χ0) is 36.7. The number of carbonyl (C=O) groups excluding carboxylic acids is 1. The Morgan fingerprint density at radius 2 is 1.37 bits per heavy atom. The molecule has 2 N–H and O–H groups in total. The van der Waals surface area contributed by atoms with Crippen molar-refractivity contribution in [3.63, 3.8) is 0 Å². The van der Waals surface area contributed by atoms with Crippen LogP contribution in [0.25, 0.3) is 0 Å². The summed E-state index contributed by atoms with van der Waals surface area (Å²) in [6.45, 7) is 6.49. The van der Waals surface area contributed by atoms with Gasteiger partial charge in [-0.05, 0) is 92.1 Å². The summed E-state index contributed by atoms with van der Waals surface area (Å²) >= 11 is 1.92. The molecule has 268 valence electrons. The third-order valence-electron chi connectivity index (χ3n) is 9.31. The number of anilines is 1. The standard InChI is InChI=1S/C44H45FN2O4S/c1-43(2,3)51-42(50)47(38-26-23-32(40(28-38)41(48)49)22-19-31-20-24-36(45)25-21-31)30-37-27-39(29-46-37)52-44(33-13-7-4-8-14-33,34-15-9-5-10-16-34)35-17-11-6-12-18-35/h4-18,20-21,23-26,28,37,39,46H,19,22,27,29-30H2,1-3H3,(H,48,49). The molecule has 0 radical (unpaired) electrons. The second-order valence-electron chi connectivity index (χ2n) is 14.2. The van der Waals surface area contributed by atoms with Gasteiger partial charge in [-0.15, -0.1) is 11.8 Å². The predicted molar refractivity (Wildman–Crippen MR) is 208 cm³/mol. The molecule has 1 amide bonds. The van der Waals surface area contributed by atoms with Crippen molar-refractivity contribution in [1.29, 1.82) is 0 Å². The number of carbonyl (C=O) groups is 2. The van der Waals surface area contributed by atoms with Gasteiger partial charge in [0.25, 0.3) is 0 Å². The van der Waals surface area contributed by atoms with Crippen LogP contribution < -0.4 is 10.2 Å². The monoisotopic (exact) mass is 716 g/mol. The summed E-state index contributed by atoms with van der Waals surface area (Å²) in [6.07, 6.45) is 1.25. The zero-order valence-corrected chi connectivity index (χ0v) is 30.6. The summed E-state index contributed by atoms with van der Waals surface area (Å²) in [6, 6.07) is 43.1. The number of hydrogen-bond donors (Lipinski definition) is 2. The predicted octanol–water partition coefficient (Wildman–Crippen LogP) is 9.51. The first-order valence-corrected chi connectivity index (χ1v) is 18.6. The van der Waals surface area contributed by atoms with Crippen molar-refractivity contribution in [3.8, 4) is 0 Å². The molecule has 1 saturated heterocycles. The van der Waals surface area contributed by atoms with Crippen molar-refractivity contribution in [2.75, 3.05) is 18.0 Å². The summed E-state index contributed by atoms with van der Waals surface area (Å²) in [4.78, 5) is 27.9. The number of nitrogens with zero attached hydrogens (tertiary/aromatic N) is 1. The molecule has 6 nitrogen and oxygen atoms in total. The Kier molecular flexibility index (Phi) is 11.5. The Hall–Kier alpha value is -4.92. The van der Waals surface area contributed by atoms with Gasteiger partial charge in [0.1, 0.15) is 11.4 Å². The van der Waals surface area contributed by atoms with Gasteiger partial charge in [0, 0.05) is 30.1 Å². The molecule has 1 fully saturated rings. The number of benzene rings is 5. The molecular weight excluding hydrogens is 672 g/mol. The number of carboxylic acid groups (broad SMARTS) is 1. The topological polar surface area (TPSA) is 78.9 Å². The van der Waals surface area contributed by atoms with Crippen LogP contribution in [0.2, 0.25) is 0 Å². The Balaban J connectivity index is 1.27. The summed E-state index contributed by atoms with van der Waals surface area (Å²) < 4.78 is 18.8. The minimum absolute atomic E-state index is 0.0727. The molecule has 1 aliphatic rings. The van der Waals surface area contributed by atoms with Gasteiger partial charge in [-0.1, -0.05) is 109 Å². The van der Waals surface area contributed by atoms with E-state index in [4.69, 9.17) is 4.74 Å². The highest BCUT2D eigenvalue weighted by Gasteiger charge is 2.42. The quantitative estimate of drug-likeness (QED) is 0.125. The van der Waals surface area contributed by atoms with Crippen molar-refractivity contribution >= 4 is 29.5 Å². The van der Waals surface area contributed by atoms with Crippen LogP contribution in [-0.2, 0) is 22.3 Å². The van der Waals surface area contributed by atoms with E-state index in [1.807, 2.05) is 50.7 Å². The molecule has 5 aromatic rings. The van der Waals surface area contributed by atoms with Crippen molar-refractivity contribution in [3.05, 3.63) is 173 Å². The number of ether oxygens (including phenoxy) is 1. The van der Waals surface area contributed by atoms with Crippen LogP contribution >= 0.6 is 11.8 Å². The lowest BCUT2D eigenvalue weighted by Gasteiger charge is -2.37. The van der Waals surface area contributed by atoms with E-state index in [0.29, 0.717) is 30.6 Å². The normalized spacial score (nSPS) is 16.0. The lowest BCUT2D eigenvalue weighted by Crippen LogP contribution is -2.44. The maximum absolute atomic E-state index is 13.8. The van der Waals surface area contributed by atoms with Crippen LogP contribution in [0, 0.1) is 5.82 Å². The molecule has 0 aromatic heterocycles. The first-order valence-electron chi connectivity index (χ1n) is 17.7. The lowest BCUT2D eigenvalue weighted by molar-refractivity contribution is 0.0575. The number of thioether (sulfide) groups is 1. The molecular formula is C44H45FN2O4S. The van der Waals surface area contributed by atoms with E-state index in [1.54, 1.807) is 35.2 Å². The largest absolute Gasteiger partial charge is 0.478 e. The van der Waals surface area contributed by atoms with Crippen LogP contribution in [0.1, 0.15) is 65.4 Å². The number of aromatic carboxylic acids is 1. The van der Waals surface area contributed by atoms with Gasteiger partial charge in [-0.3, -0.25) is 4.90 Å². The van der Waals surface area contributed by atoms with E-state index in [1.165, 1.54) is 28.8 Å². The smallest absolute Gasteiger partial charge is 0.414 e. The first-order chi connectivity index (χ1) is 25.0. The van der Waals surface area contributed by atoms with Crippen molar-refractivity contribution in [1.82, 2.24) is 5.32 Å². The van der Waals surface area contributed by atoms with Gasteiger partial charge < -0.3 is 15.2 Å². The lowest BCUT2D eigenvalue weighted by atomic mass is 9.84. The number of carboxylic acids is 1. The molecule has 0 spiro atoms. The number of aryl methyl sites for hydroxylation is 2. The second kappa shape index (κ2) is 16.2. The summed E-state index contributed by atoms with van der Waals surface area (Å²) in [5, 5.41) is 14.1. The van der Waals surface area contributed by atoms with Crippen LogP contribution in [-0.4, -0.2) is 47.2 Å². The Bertz CT molecular complexity index is 1850. The van der Waals surface area contributed by atoms with Crippen molar-refractivity contribution in [2.24, 2.45) is 0 Å². The average Bonchev–Trinajstić information content (AvgIpc) is 3.59. The molecule has 0 saturated carbocycles. The maximum Gasteiger partial charge on any atom is 0.414 e. The molecule has 1 heterocycles. The minimum atomic E-state index is -1.07. The molecule has 5 aromatic carbocycles. The van der Waals surface area contributed by atoms with Crippen LogP contribution in [0.3, 0.4) is 0 Å². The molecule has 6 rings (SSSR count). The van der Waals surface area contributed by atoms with E-state index >= 15 is 0 Å². The van der Waals surface area contributed by atoms with E-state index in [0.717, 1.165) is 18.5 Å². The van der Waals surface area contributed by atoms with Gasteiger partial charge in [-0.25, -0.2) is 14.0 Å². The number of halogens is 1. The van der Waals surface area contributed by atoms with Gasteiger partial charge >= 0.3 is 12.1 Å². The SMILES string of the molecule is CC(C)(C)OC(=O)N(CC1CC(SC(c2ccccc2)(c2ccccc2)c2ccccc2)CN1)c1ccc(CCc2ccc(F)cc2)c(C(=O)O)c1. The van der Waals surface area contributed by atoms with Crippen LogP contribution in [0.15, 0.2) is 133 Å². The third kappa shape index (κ3) is 8.75. The fourth-order valence-corrected chi connectivity index (χ4v) is 8.71. The number of nitrogens with one attached hydrogen (secondary N) is 1. The van der Waals surface area contributed by atoms with E-state index < -0.39 is 22.4 Å². The fourth-order valence-electron chi connectivity index (χ4n) is 6.89. The Morgan fingerprint density at radius 3 is 1.88 bits per heavy atom. The van der Waals surface area contributed by atoms with Crippen molar-refractivity contribution in [2.45, 2.75) is 61.7 Å². The molecule has 8 heteroatoms. The van der Waals surface area contributed by atoms with E-state index in [-0.39, 0.29) is 22.7 Å². The number of hydrogen-bond acceptors (Lipinski definition) is 5. The third-order valence-corrected chi connectivity index (χ3v) is 11.1. The molecule has 2 unspecified atom stereocenters. The highest BCUT2D eigenvalue weighted by Crippen LogP contribution is 2.51. The zero-order valence-electron chi connectivity index (χ0n) is 29.8. The van der Waals surface area contributed by atoms with Crippen LogP contribution in [0.4, 0.5) is 14.9 Å². The van der Waals surface area contributed by atoms with Gasteiger partial charge in [-0.2, -0.15) is 0 Å². The van der Waals surface area contributed by atoms with Gasteiger partial charge in [0.15, 0.2) is 0 Å². The summed E-state index contributed by atoms with van der Waals surface area (Å²) in [7, 11) is 0. The van der Waals surface area contributed by atoms with E-state index in [2.05, 4.69) is 78.1 Å². The van der Waals surface area contributed by atoms with Crippen LogP contribution in [0.5, 0.6) is 0 Å². The highest BCUT2D eigenvalue weighted by atomic mass is 32.2. The molecule has 0 aliphatic carbocycles. The number of rotatable bonds is 12. The Morgan fingerprint density at radius 1 is 0.808 bits per heavy atom. The average molecular weight is 717 g/mol. The fraction of sp³-hybridized carbons (Fsp3) is 0.273. The molecule has 1 aliphatic heterocycles. The van der Waals surface area contributed by atoms with Gasteiger partial charge in [0.2, 0.25) is 0 Å². The summed E-state index contributed by atoms with van der Waals surface area (Å²) in [5.74, 6) is -1.39. The Labute approximate surface area is 310 Å². The second-order valence-corrected chi connectivity index (χ2v) is 15.7. The molecule has 2 atom stereocenters.